The summed E-state index contributed by atoms with van der Waals surface area (Å²) in [7, 11) is 0. The Labute approximate surface area is 140 Å². The zero-order valence-corrected chi connectivity index (χ0v) is 13.5. The summed E-state index contributed by atoms with van der Waals surface area (Å²) in [5.74, 6) is 0.748. The molecule has 0 aromatic heterocycles. The first-order valence-electron chi connectivity index (χ1n) is 7.16. The lowest BCUT2D eigenvalue weighted by Crippen LogP contribution is -2.30. The number of nitrogens with one attached hydrogen (secondary N) is 1. The molecule has 0 radical (unpaired) electrons. The Hall–Kier alpha value is -2.46. The van der Waals surface area contributed by atoms with Crippen LogP contribution in [0.15, 0.2) is 61.2 Å². The normalized spacial score (nSPS) is 11.4. The Morgan fingerprint density at radius 1 is 1.22 bits per heavy atom. The van der Waals surface area contributed by atoms with Crippen LogP contribution in [0.1, 0.15) is 6.92 Å². The van der Waals surface area contributed by atoms with E-state index < -0.39 is 6.10 Å². The smallest absolute Gasteiger partial charge is 0.265 e. The van der Waals surface area contributed by atoms with Crippen LogP contribution in [-0.4, -0.2) is 18.6 Å². The quantitative estimate of drug-likeness (QED) is 0.769. The van der Waals surface area contributed by atoms with Crippen molar-refractivity contribution in [2.24, 2.45) is 0 Å². The van der Waals surface area contributed by atoms with E-state index in [4.69, 9.17) is 21.1 Å². The van der Waals surface area contributed by atoms with Crippen molar-refractivity contribution in [1.29, 1.82) is 0 Å². The van der Waals surface area contributed by atoms with Crippen LogP contribution in [0.25, 0.3) is 0 Å². The maximum atomic E-state index is 12.3. The van der Waals surface area contributed by atoms with Crippen molar-refractivity contribution in [2.75, 3.05) is 11.9 Å². The van der Waals surface area contributed by atoms with Gasteiger partial charge < -0.3 is 14.8 Å². The molecule has 0 bridgehead atoms. The van der Waals surface area contributed by atoms with Crippen LogP contribution in [0.5, 0.6) is 11.5 Å². The Bertz CT molecular complexity index is 687. The number of carbonyl (C=O) groups is 1. The molecule has 0 aliphatic heterocycles. The molecule has 0 fully saturated rings. The van der Waals surface area contributed by atoms with Crippen molar-refractivity contribution in [2.45, 2.75) is 13.0 Å². The number of rotatable bonds is 7. The minimum atomic E-state index is -0.706. The zero-order chi connectivity index (χ0) is 16.7. The number of halogens is 1. The fraction of sp³-hybridized carbons (Fsp3) is 0.167. The van der Waals surface area contributed by atoms with E-state index in [9.17, 15) is 4.79 Å². The Kier molecular flexibility index (Phi) is 6.06. The van der Waals surface area contributed by atoms with Crippen LogP contribution < -0.4 is 14.8 Å². The van der Waals surface area contributed by atoms with Gasteiger partial charge in [-0.05, 0) is 31.2 Å². The summed E-state index contributed by atoms with van der Waals surface area (Å²) in [5, 5.41) is 3.25. The van der Waals surface area contributed by atoms with Gasteiger partial charge in [-0.1, -0.05) is 48.5 Å². The van der Waals surface area contributed by atoms with Gasteiger partial charge >= 0.3 is 0 Å². The number of ether oxygens (including phenoxy) is 2. The van der Waals surface area contributed by atoms with E-state index in [0.29, 0.717) is 28.8 Å². The highest BCUT2D eigenvalue weighted by Gasteiger charge is 2.17. The fourth-order valence-corrected chi connectivity index (χ4v) is 2.04. The average molecular weight is 332 g/mol. The van der Waals surface area contributed by atoms with Crippen LogP contribution in [0.4, 0.5) is 5.69 Å². The molecular formula is C18H18ClNO3. The molecule has 0 aliphatic rings. The number of hydrogen-bond acceptors (Lipinski definition) is 3. The molecule has 0 spiro atoms. The van der Waals surface area contributed by atoms with Gasteiger partial charge in [-0.25, -0.2) is 0 Å². The van der Waals surface area contributed by atoms with Crippen molar-refractivity contribution in [3.8, 4) is 11.5 Å². The highest BCUT2D eigenvalue weighted by Crippen LogP contribution is 2.26. The minimum Gasteiger partial charge on any atom is -0.487 e. The van der Waals surface area contributed by atoms with Gasteiger partial charge in [-0.2, -0.15) is 0 Å². The van der Waals surface area contributed by atoms with E-state index in [0.717, 1.165) is 0 Å². The number of hydrogen-bond donors (Lipinski definition) is 1. The van der Waals surface area contributed by atoms with Gasteiger partial charge in [0.05, 0.1) is 10.7 Å². The third kappa shape index (κ3) is 4.76. The summed E-state index contributed by atoms with van der Waals surface area (Å²) < 4.78 is 11.1. The summed E-state index contributed by atoms with van der Waals surface area (Å²) >= 11 is 6.03. The third-order valence-electron chi connectivity index (χ3n) is 3.01. The number of carbonyl (C=O) groups excluding carboxylic acids is 1. The van der Waals surface area contributed by atoms with E-state index in [1.807, 2.05) is 12.1 Å². The number of benzene rings is 2. The summed E-state index contributed by atoms with van der Waals surface area (Å²) in [6, 6.07) is 14.2. The topological polar surface area (TPSA) is 47.6 Å². The van der Waals surface area contributed by atoms with E-state index >= 15 is 0 Å². The SMILES string of the molecule is C=CCOc1ccccc1NC(=O)[C@H](C)Oc1ccccc1Cl. The lowest BCUT2D eigenvalue weighted by molar-refractivity contribution is -0.122. The lowest BCUT2D eigenvalue weighted by atomic mass is 10.2. The molecule has 2 rings (SSSR count). The molecule has 5 heteroatoms. The minimum absolute atomic E-state index is 0.292. The zero-order valence-electron chi connectivity index (χ0n) is 12.8. The largest absolute Gasteiger partial charge is 0.487 e. The van der Waals surface area contributed by atoms with Crippen LogP contribution in [0.2, 0.25) is 5.02 Å². The van der Waals surface area contributed by atoms with Gasteiger partial charge in [0.1, 0.15) is 18.1 Å². The molecule has 1 N–H and O–H groups in total. The van der Waals surface area contributed by atoms with Crippen LogP contribution in [0.3, 0.4) is 0 Å². The van der Waals surface area contributed by atoms with E-state index in [1.165, 1.54) is 0 Å². The molecule has 0 aliphatic carbocycles. The van der Waals surface area contributed by atoms with Crippen molar-refractivity contribution in [1.82, 2.24) is 0 Å². The molecule has 1 amide bonds. The van der Waals surface area contributed by atoms with Crippen LogP contribution in [-0.2, 0) is 4.79 Å². The van der Waals surface area contributed by atoms with Crippen molar-refractivity contribution < 1.29 is 14.3 Å². The highest BCUT2D eigenvalue weighted by atomic mass is 35.5. The molecular weight excluding hydrogens is 314 g/mol. The van der Waals surface area contributed by atoms with Gasteiger partial charge in [0.25, 0.3) is 5.91 Å². The Morgan fingerprint density at radius 3 is 2.57 bits per heavy atom. The van der Waals surface area contributed by atoms with Crippen molar-refractivity contribution in [3.05, 3.63) is 66.2 Å². The second-order valence-corrected chi connectivity index (χ2v) is 5.18. The van der Waals surface area contributed by atoms with Crippen LogP contribution in [0, 0.1) is 0 Å². The third-order valence-corrected chi connectivity index (χ3v) is 3.32. The van der Waals surface area contributed by atoms with E-state index in [1.54, 1.807) is 49.4 Å². The molecule has 2 aromatic rings. The highest BCUT2D eigenvalue weighted by molar-refractivity contribution is 6.32. The van der Waals surface area contributed by atoms with Gasteiger partial charge in [-0.3, -0.25) is 4.79 Å². The summed E-state index contributed by atoms with van der Waals surface area (Å²) in [6.45, 7) is 5.62. The molecule has 0 saturated heterocycles. The van der Waals surface area contributed by atoms with Gasteiger partial charge in [0.2, 0.25) is 0 Å². The first-order chi connectivity index (χ1) is 11.1. The summed E-state index contributed by atoms with van der Waals surface area (Å²) in [6.07, 6.45) is 0.934. The molecule has 2 aromatic carbocycles. The molecule has 1 atom stereocenters. The summed E-state index contributed by atoms with van der Waals surface area (Å²) in [4.78, 5) is 12.3. The van der Waals surface area contributed by atoms with Crippen molar-refractivity contribution >= 4 is 23.2 Å². The standard InChI is InChI=1S/C18H18ClNO3/c1-3-12-22-17-11-7-5-9-15(17)20-18(21)13(2)23-16-10-6-4-8-14(16)19/h3-11,13H,1,12H2,2H3,(H,20,21)/t13-/m0/s1. The van der Waals surface area contributed by atoms with Gasteiger partial charge in [0.15, 0.2) is 6.10 Å². The van der Waals surface area contributed by atoms with E-state index in [-0.39, 0.29) is 5.91 Å². The lowest BCUT2D eigenvalue weighted by Gasteiger charge is -2.17. The average Bonchev–Trinajstić information content (AvgIpc) is 2.56. The molecule has 4 nitrogen and oxygen atoms in total. The maximum absolute atomic E-state index is 12.3. The molecule has 0 heterocycles. The number of amides is 1. The Balaban J connectivity index is 2.04. The fourth-order valence-electron chi connectivity index (χ4n) is 1.86. The second-order valence-electron chi connectivity index (χ2n) is 4.78. The number of para-hydroxylation sites is 3. The van der Waals surface area contributed by atoms with E-state index in [2.05, 4.69) is 11.9 Å². The molecule has 0 unspecified atom stereocenters. The Morgan fingerprint density at radius 2 is 1.87 bits per heavy atom. The monoisotopic (exact) mass is 331 g/mol. The van der Waals surface area contributed by atoms with Gasteiger partial charge in [0, 0.05) is 0 Å². The van der Waals surface area contributed by atoms with Crippen LogP contribution >= 0.6 is 11.6 Å². The molecule has 23 heavy (non-hydrogen) atoms. The summed E-state index contributed by atoms with van der Waals surface area (Å²) in [5.41, 5.74) is 0.578. The molecule has 120 valence electrons. The predicted octanol–water partition coefficient (Wildman–Crippen LogP) is 4.31. The first kappa shape index (κ1) is 16.9. The van der Waals surface area contributed by atoms with Gasteiger partial charge in [-0.15, -0.1) is 0 Å². The second kappa shape index (κ2) is 8.25. The predicted molar refractivity (Wildman–Crippen MR) is 92.3 cm³/mol. The maximum Gasteiger partial charge on any atom is 0.265 e. The molecule has 0 saturated carbocycles. The number of anilines is 1. The van der Waals surface area contributed by atoms with Crippen molar-refractivity contribution in [3.63, 3.8) is 0 Å². The first-order valence-corrected chi connectivity index (χ1v) is 7.54.